The van der Waals surface area contributed by atoms with E-state index in [4.69, 9.17) is 18.9 Å². The molecule has 2 heterocycles. The number of nitrogens with zero attached hydrogens (tertiary/aromatic N) is 1. The molecule has 202 valence electrons. The molecule has 2 rings (SSSR count). The number of fused-ring (bicyclic) bond motifs is 1. The van der Waals surface area contributed by atoms with Gasteiger partial charge >= 0.3 is 12.0 Å². The zero-order chi connectivity index (χ0) is 25.7. The van der Waals surface area contributed by atoms with Crippen LogP contribution < -0.4 is 10.6 Å². The Bertz CT molecular complexity index is 674. The van der Waals surface area contributed by atoms with E-state index in [1.54, 1.807) is 11.9 Å². The number of rotatable bonds is 17. The van der Waals surface area contributed by atoms with E-state index in [0.717, 1.165) is 25.0 Å². The first-order valence-electron chi connectivity index (χ1n) is 12.5. The highest BCUT2D eigenvalue weighted by Gasteiger charge is 2.42. The number of unbranched alkanes of at least 4 members (excludes halogenated alkanes) is 1. The summed E-state index contributed by atoms with van der Waals surface area (Å²) in [5.41, 5.74) is -0.476. The van der Waals surface area contributed by atoms with Gasteiger partial charge in [-0.2, -0.15) is 11.8 Å². The Hall–Kier alpha value is -1.56. The zero-order valence-electron chi connectivity index (χ0n) is 21.6. The van der Waals surface area contributed by atoms with Gasteiger partial charge in [-0.25, -0.2) is 4.79 Å². The number of urea groups is 1. The number of carbonyl (C=O) groups excluding carboxylic acids is 3. The van der Waals surface area contributed by atoms with Gasteiger partial charge in [0.2, 0.25) is 5.91 Å². The Balaban J connectivity index is 1.36. The summed E-state index contributed by atoms with van der Waals surface area (Å²) in [5.74, 6) is 0.820. The largest absolute Gasteiger partial charge is 0.460 e. The molecule has 0 aromatic rings. The van der Waals surface area contributed by atoms with Crippen LogP contribution >= 0.6 is 11.8 Å². The first-order chi connectivity index (χ1) is 16.7. The van der Waals surface area contributed by atoms with Crippen molar-refractivity contribution in [3.8, 4) is 0 Å². The van der Waals surface area contributed by atoms with Crippen molar-refractivity contribution in [2.45, 2.75) is 75.8 Å². The average Bonchev–Trinajstić information content (AvgIpc) is 3.32. The summed E-state index contributed by atoms with van der Waals surface area (Å²) >= 11 is 1.90. The Morgan fingerprint density at radius 2 is 1.63 bits per heavy atom. The van der Waals surface area contributed by atoms with Gasteiger partial charge in [0.1, 0.15) is 5.60 Å². The van der Waals surface area contributed by atoms with Crippen LogP contribution in [0.1, 0.15) is 52.9 Å². The molecule has 3 unspecified atom stereocenters. The molecule has 0 radical (unpaired) electrons. The minimum atomic E-state index is -0.476. The van der Waals surface area contributed by atoms with Crippen molar-refractivity contribution in [2.75, 3.05) is 59.0 Å². The number of esters is 1. The lowest BCUT2D eigenvalue weighted by molar-refractivity contribution is -0.156. The van der Waals surface area contributed by atoms with E-state index < -0.39 is 5.60 Å². The van der Waals surface area contributed by atoms with Gasteiger partial charge in [0.15, 0.2) is 0 Å². The van der Waals surface area contributed by atoms with Crippen LogP contribution in [-0.4, -0.2) is 105 Å². The minimum Gasteiger partial charge on any atom is -0.460 e. The highest BCUT2D eigenvalue weighted by molar-refractivity contribution is 8.00. The van der Waals surface area contributed by atoms with Crippen molar-refractivity contribution in [1.29, 1.82) is 0 Å². The van der Waals surface area contributed by atoms with E-state index in [2.05, 4.69) is 10.6 Å². The van der Waals surface area contributed by atoms with Gasteiger partial charge in [-0.3, -0.25) is 9.59 Å². The van der Waals surface area contributed by atoms with Gasteiger partial charge in [-0.05, 0) is 33.6 Å². The monoisotopic (exact) mass is 517 g/mol. The third-order valence-corrected chi connectivity index (χ3v) is 7.19. The molecular weight excluding hydrogens is 474 g/mol. The van der Waals surface area contributed by atoms with Gasteiger partial charge < -0.3 is 34.5 Å². The van der Waals surface area contributed by atoms with Crippen molar-refractivity contribution in [1.82, 2.24) is 15.5 Å². The Labute approximate surface area is 213 Å². The molecular formula is C24H43N3O7S. The van der Waals surface area contributed by atoms with Crippen LogP contribution in [0.4, 0.5) is 4.79 Å². The molecule has 2 saturated heterocycles. The normalized spacial score (nSPS) is 21.4. The molecule has 2 fully saturated rings. The number of hydrogen-bond acceptors (Lipinski definition) is 8. The minimum absolute atomic E-state index is 0.0583. The lowest BCUT2D eigenvalue weighted by Gasteiger charge is -2.19. The molecule has 0 aromatic heterocycles. The van der Waals surface area contributed by atoms with Gasteiger partial charge in [0.25, 0.3) is 0 Å². The number of nitrogens with one attached hydrogen (secondary N) is 2. The maximum Gasteiger partial charge on any atom is 0.315 e. The van der Waals surface area contributed by atoms with Crippen molar-refractivity contribution < 1.29 is 33.3 Å². The molecule has 0 spiro atoms. The van der Waals surface area contributed by atoms with Crippen LogP contribution in [0.3, 0.4) is 0 Å². The fourth-order valence-electron chi connectivity index (χ4n) is 3.87. The summed E-state index contributed by atoms with van der Waals surface area (Å²) in [7, 11) is 1.80. The number of hydrogen-bond donors (Lipinski definition) is 2. The summed E-state index contributed by atoms with van der Waals surface area (Å²) < 4.78 is 21.5. The molecule has 11 heteroatoms. The summed E-state index contributed by atoms with van der Waals surface area (Å²) in [6.45, 7) is 8.57. The first-order valence-corrected chi connectivity index (χ1v) is 13.6. The predicted octanol–water partition coefficient (Wildman–Crippen LogP) is 1.95. The summed E-state index contributed by atoms with van der Waals surface area (Å²) in [4.78, 5) is 37.0. The second-order valence-electron chi connectivity index (χ2n) is 9.86. The smallest absolute Gasteiger partial charge is 0.315 e. The number of amides is 3. The number of likely N-dealkylation sites (N-methyl/N-ethyl adjacent to an activating group) is 1. The Kier molecular flexibility index (Phi) is 13.2. The number of thioether (sulfide) groups is 1. The third kappa shape index (κ3) is 12.3. The number of carbonyl (C=O) groups is 3. The standard InChI is InChI=1S/C24H43N3O7S/c1-24(2,3)34-21(29)9-11-31-13-15-33-16-14-32-12-10-27(4)20(28)8-6-5-7-19-22-18(17-35-19)25-23(30)26-22/h18-19,22H,5-17H2,1-4H3,(H2,25,26,30). The third-order valence-electron chi connectivity index (χ3n) is 5.68. The van der Waals surface area contributed by atoms with E-state index in [0.29, 0.717) is 57.9 Å². The number of ether oxygens (including phenoxy) is 4. The highest BCUT2D eigenvalue weighted by Crippen LogP contribution is 2.33. The molecule has 3 amide bonds. The van der Waals surface area contributed by atoms with Gasteiger partial charge in [-0.1, -0.05) is 6.42 Å². The molecule has 2 N–H and O–H groups in total. The van der Waals surface area contributed by atoms with Crippen molar-refractivity contribution in [2.24, 2.45) is 0 Å². The molecule has 0 saturated carbocycles. The topological polar surface area (TPSA) is 115 Å². The van der Waals surface area contributed by atoms with Crippen LogP contribution in [0.5, 0.6) is 0 Å². The quantitative estimate of drug-likeness (QED) is 0.171. The maximum absolute atomic E-state index is 12.3. The van der Waals surface area contributed by atoms with Gasteiger partial charge in [-0.15, -0.1) is 0 Å². The van der Waals surface area contributed by atoms with E-state index in [9.17, 15) is 14.4 Å². The highest BCUT2D eigenvalue weighted by atomic mass is 32.2. The fraction of sp³-hybridized carbons (Fsp3) is 0.875. The Morgan fingerprint density at radius 1 is 0.971 bits per heavy atom. The van der Waals surface area contributed by atoms with E-state index in [1.165, 1.54) is 0 Å². The van der Waals surface area contributed by atoms with E-state index in [-0.39, 0.29) is 36.4 Å². The molecule has 0 aromatic carbocycles. The second kappa shape index (κ2) is 15.5. The van der Waals surface area contributed by atoms with Crippen LogP contribution in [0, 0.1) is 0 Å². The molecule has 0 bridgehead atoms. The maximum atomic E-state index is 12.3. The van der Waals surface area contributed by atoms with E-state index in [1.807, 2.05) is 32.5 Å². The van der Waals surface area contributed by atoms with Gasteiger partial charge in [0, 0.05) is 31.0 Å². The Morgan fingerprint density at radius 3 is 2.31 bits per heavy atom. The van der Waals surface area contributed by atoms with Crippen molar-refractivity contribution in [3.63, 3.8) is 0 Å². The van der Waals surface area contributed by atoms with Crippen molar-refractivity contribution >= 4 is 29.7 Å². The summed E-state index contributed by atoms with van der Waals surface area (Å²) in [6.07, 6.45) is 3.61. The molecule has 0 aliphatic carbocycles. The lowest BCUT2D eigenvalue weighted by Crippen LogP contribution is -2.36. The summed E-state index contributed by atoms with van der Waals surface area (Å²) in [6, 6.07) is 0.417. The molecule has 3 atom stereocenters. The van der Waals surface area contributed by atoms with Gasteiger partial charge in [0.05, 0.1) is 58.1 Å². The lowest BCUT2D eigenvalue weighted by atomic mass is 10.0. The van der Waals surface area contributed by atoms with Crippen molar-refractivity contribution in [3.05, 3.63) is 0 Å². The molecule has 2 aliphatic heterocycles. The molecule has 10 nitrogen and oxygen atoms in total. The predicted molar refractivity (Wildman–Crippen MR) is 135 cm³/mol. The fourth-order valence-corrected chi connectivity index (χ4v) is 5.42. The zero-order valence-corrected chi connectivity index (χ0v) is 22.5. The van der Waals surface area contributed by atoms with Crippen LogP contribution in [0.15, 0.2) is 0 Å². The first kappa shape index (κ1) is 29.7. The second-order valence-corrected chi connectivity index (χ2v) is 11.1. The van der Waals surface area contributed by atoms with Crippen LogP contribution in [0.25, 0.3) is 0 Å². The molecule has 35 heavy (non-hydrogen) atoms. The van der Waals surface area contributed by atoms with E-state index >= 15 is 0 Å². The van der Waals surface area contributed by atoms with Crippen LogP contribution in [-0.2, 0) is 28.5 Å². The SMILES string of the molecule is CN(CCOCCOCCOCCC(=O)OC(C)(C)C)C(=O)CCCCC1SCC2NC(=O)NC21. The van der Waals surface area contributed by atoms with Crippen LogP contribution in [0.2, 0.25) is 0 Å². The molecule has 2 aliphatic rings. The average molecular weight is 518 g/mol. The summed E-state index contributed by atoms with van der Waals surface area (Å²) in [5, 5.41) is 6.39.